The zero-order valence-electron chi connectivity index (χ0n) is 13.6. The van der Waals surface area contributed by atoms with Gasteiger partial charge in [0.1, 0.15) is 17.5 Å². The van der Waals surface area contributed by atoms with Gasteiger partial charge in [-0.3, -0.25) is 0 Å². The fourth-order valence-corrected chi connectivity index (χ4v) is 3.08. The van der Waals surface area contributed by atoms with E-state index in [0.717, 1.165) is 55.1 Å². The van der Waals surface area contributed by atoms with E-state index in [1.54, 1.807) is 0 Å². The molecule has 7 heteroatoms. The number of aromatic nitrogens is 5. The number of aryl methyl sites for hydroxylation is 2. The Morgan fingerprint density at radius 3 is 2.74 bits per heavy atom. The summed E-state index contributed by atoms with van der Waals surface area (Å²) in [7, 11) is 0. The van der Waals surface area contributed by atoms with Crippen LogP contribution < -0.4 is 5.32 Å². The minimum Gasteiger partial charge on any atom is -0.360 e. The smallest absolute Gasteiger partial charge is 0.167 e. The van der Waals surface area contributed by atoms with Gasteiger partial charge in [-0.15, -0.1) is 15.3 Å². The van der Waals surface area contributed by atoms with Gasteiger partial charge < -0.3 is 9.88 Å². The molecule has 0 saturated carbocycles. The van der Waals surface area contributed by atoms with E-state index in [-0.39, 0.29) is 0 Å². The van der Waals surface area contributed by atoms with E-state index < -0.39 is 0 Å². The predicted octanol–water partition coefficient (Wildman–Crippen LogP) is 2.01. The lowest BCUT2D eigenvalue weighted by atomic mass is 10.0. The van der Waals surface area contributed by atoms with Crippen LogP contribution in [0.2, 0.25) is 0 Å². The summed E-state index contributed by atoms with van der Waals surface area (Å²) < 4.78 is 2.16. The molecule has 120 valence electrons. The molecule has 0 saturated heterocycles. The topological polar surface area (TPSA) is 92.3 Å². The van der Waals surface area contributed by atoms with Gasteiger partial charge in [0.15, 0.2) is 11.6 Å². The highest BCUT2D eigenvalue weighted by atomic mass is 15.3. The Labute approximate surface area is 135 Å². The summed E-state index contributed by atoms with van der Waals surface area (Å²) in [6, 6.07) is 2.27. The van der Waals surface area contributed by atoms with Crippen molar-refractivity contribution < 1.29 is 0 Å². The molecule has 2 aromatic heterocycles. The molecule has 0 fully saturated rings. The van der Waals surface area contributed by atoms with Crippen LogP contribution in [0.15, 0.2) is 0 Å². The van der Waals surface area contributed by atoms with Gasteiger partial charge in [0.05, 0.1) is 12.2 Å². The predicted molar refractivity (Wildman–Crippen MR) is 85.8 cm³/mol. The molecule has 2 aromatic rings. The van der Waals surface area contributed by atoms with Gasteiger partial charge in [-0.05, 0) is 31.2 Å². The Morgan fingerprint density at radius 1 is 1.13 bits per heavy atom. The number of anilines is 1. The Kier molecular flexibility index (Phi) is 4.51. The molecule has 0 bridgehead atoms. The van der Waals surface area contributed by atoms with Crippen LogP contribution >= 0.6 is 0 Å². The summed E-state index contributed by atoms with van der Waals surface area (Å²) in [6.07, 6.45) is 4.88. The lowest BCUT2D eigenvalue weighted by Gasteiger charge is -2.15. The van der Waals surface area contributed by atoms with Crippen LogP contribution in [0.25, 0.3) is 0 Å². The molecule has 1 aliphatic rings. The molecule has 7 nitrogen and oxygen atoms in total. The van der Waals surface area contributed by atoms with E-state index in [1.807, 2.05) is 13.8 Å². The third-order valence-corrected chi connectivity index (χ3v) is 4.31. The van der Waals surface area contributed by atoms with Crippen LogP contribution in [0.1, 0.15) is 55.2 Å². The Hall–Kier alpha value is -2.49. The number of hydrogen-bond acceptors (Lipinski definition) is 6. The molecule has 0 aliphatic carbocycles. The van der Waals surface area contributed by atoms with Crippen LogP contribution in [0.3, 0.4) is 0 Å². The van der Waals surface area contributed by atoms with E-state index in [2.05, 4.69) is 36.3 Å². The molecule has 0 unspecified atom stereocenters. The van der Waals surface area contributed by atoms with Crippen molar-refractivity contribution in [1.29, 1.82) is 5.26 Å². The van der Waals surface area contributed by atoms with Crippen LogP contribution in [-0.4, -0.2) is 25.0 Å². The van der Waals surface area contributed by atoms with Gasteiger partial charge in [0, 0.05) is 13.0 Å². The highest BCUT2D eigenvalue weighted by molar-refractivity contribution is 5.56. The van der Waals surface area contributed by atoms with Crippen molar-refractivity contribution in [2.24, 2.45) is 0 Å². The first-order valence-electron chi connectivity index (χ1n) is 8.21. The van der Waals surface area contributed by atoms with Crippen molar-refractivity contribution in [3.05, 3.63) is 28.5 Å². The summed E-state index contributed by atoms with van der Waals surface area (Å²) in [5.74, 6) is 2.48. The van der Waals surface area contributed by atoms with Gasteiger partial charge in [0.25, 0.3) is 0 Å². The van der Waals surface area contributed by atoms with Gasteiger partial charge in [-0.1, -0.05) is 13.8 Å². The van der Waals surface area contributed by atoms with Gasteiger partial charge in [-0.2, -0.15) is 10.4 Å². The average molecular weight is 311 g/mol. The van der Waals surface area contributed by atoms with Crippen molar-refractivity contribution >= 4 is 5.82 Å². The normalized spacial score (nSPS) is 13.4. The quantitative estimate of drug-likeness (QED) is 0.908. The van der Waals surface area contributed by atoms with Gasteiger partial charge in [-0.25, -0.2) is 0 Å². The number of hydrogen-bond donors (Lipinski definition) is 1. The summed E-state index contributed by atoms with van der Waals surface area (Å²) in [5, 5.41) is 29.7. The summed E-state index contributed by atoms with van der Waals surface area (Å²) in [6.45, 7) is 5.53. The molecule has 0 amide bonds. The fourth-order valence-electron chi connectivity index (χ4n) is 3.08. The van der Waals surface area contributed by atoms with E-state index in [9.17, 15) is 5.26 Å². The zero-order valence-corrected chi connectivity index (χ0v) is 13.6. The maximum absolute atomic E-state index is 9.51. The highest BCUT2D eigenvalue weighted by Crippen LogP contribution is 2.21. The molecule has 0 atom stereocenters. The monoisotopic (exact) mass is 311 g/mol. The standard InChI is InChI=1S/C16H21N7/c1-3-11-12(9-17)16(22-19-13(11)4-2)18-10-15-21-20-14-7-5-6-8-23(14)15/h3-8,10H2,1-2H3,(H,18,22). The lowest BCUT2D eigenvalue weighted by molar-refractivity contribution is 0.509. The fraction of sp³-hybridized carbons (Fsp3) is 0.562. The molecule has 23 heavy (non-hydrogen) atoms. The zero-order chi connectivity index (χ0) is 16.2. The number of rotatable bonds is 5. The first-order chi connectivity index (χ1) is 11.3. The largest absolute Gasteiger partial charge is 0.360 e. The SMILES string of the molecule is CCc1nnc(NCc2nnc3n2CCCC3)c(C#N)c1CC. The van der Waals surface area contributed by atoms with Crippen molar-refractivity contribution in [2.75, 3.05) is 5.32 Å². The average Bonchev–Trinajstić information content (AvgIpc) is 3.02. The summed E-state index contributed by atoms with van der Waals surface area (Å²) in [5.41, 5.74) is 2.47. The summed E-state index contributed by atoms with van der Waals surface area (Å²) >= 11 is 0. The number of nitrogens with zero attached hydrogens (tertiary/aromatic N) is 6. The Bertz CT molecular complexity index is 742. The van der Waals surface area contributed by atoms with E-state index in [1.165, 1.54) is 6.42 Å². The Morgan fingerprint density at radius 2 is 2.00 bits per heavy atom. The first-order valence-corrected chi connectivity index (χ1v) is 8.21. The minimum absolute atomic E-state index is 0.505. The van der Waals surface area contributed by atoms with Crippen LogP contribution in [-0.2, 0) is 32.4 Å². The molecule has 1 N–H and O–H groups in total. The molecule has 0 spiro atoms. The molecule has 1 aliphatic heterocycles. The number of nitriles is 1. The Balaban J connectivity index is 1.84. The molecule has 0 radical (unpaired) electrons. The van der Waals surface area contributed by atoms with Gasteiger partial charge >= 0.3 is 0 Å². The van der Waals surface area contributed by atoms with Crippen molar-refractivity contribution in [3.63, 3.8) is 0 Å². The molecular formula is C16H21N7. The second kappa shape index (κ2) is 6.73. The third kappa shape index (κ3) is 2.89. The van der Waals surface area contributed by atoms with E-state index >= 15 is 0 Å². The highest BCUT2D eigenvalue weighted by Gasteiger charge is 2.17. The maximum atomic E-state index is 9.51. The van der Waals surface area contributed by atoms with Crippen LogP contribution in [0.4, 0.5) is 5.82 Å². The van der Waals surface area contributed by atoms with Gasteiger partial charge in [0.2, 0.25) is 0 Å². The minimum atomic E-state index is 0.505. The van der Waals surface area contributed by atoms with E-state index in [4.69, 9.17) is 0 Å². The molecule has 3 heterocycles. The lowest BCUT2D eigenvalue weighted by Crippen LogP contribution is -2.16. The third-order valence-electron chi connectivity index (χ3n) is 4.31. The first kappa shape index (κ1) is 15.4. The van der Waals surface area contributed by atoms with Crippen LogP contribution in [0.5, 0.6) is 0 Å². The molecular weight excluding hydrogens is 290 g/mol. The van der Waals surface area contributed by atoms with Crippen LogP contribution in [0, 0.1) is 11.3 Å². The van der Waals surface area contributed by atoms with E-state index in [0.29, 0.717) is 17.9 Å². The number of nitrogens with one attached hydrogen (secondary N) is 1. The molecule has 0 aromatic carbocycles. The number of fused-ring (bicyclic) bond motifs is 1. The maximum Gasteiger partial charge on any atom is 0.167 e. The van der Waals surface area contributed by atoms with Crippen molar-refractivity contribution in [2.45, 2.75) is 59.0 Å². The second-order valence-corrected chi connectivity index (χ2v) is 5.66. The summed E-state index contributed by atoms with van der Waals surface area (Å²) in [4.78, 5) is 0. The second-order valence-electron chi connectivity index (χ2n) is 5.66. The molecule has 3 rings (SSSR count). The van der Waals surface area contributed by atoms with Crippen molar-refractivity contribution in [1.82, 2.24) is 25.0 Å². The van der Waals surface area contributed by atoms with Crippen molar-refractivity contribution in [3.8, 4) is 6.07 Å².